The zero-order chi connectivity index (χ0) is 20.4. The smallest absolute Gasteiger partial charge is 0.269 e. The van der Waals surface area contributed by atoms with Gasteiger partial charge in [-0.05, 0) is 42.1 Å². The molecule has 2 aromatic carbocycles. The molecule has 0 spiro atoms. The highest BCUT2D eigenvalue weighted by atomic mass is 32.2. The number of rotatable bonds is 5. The summed E-state index contributed by atoms with van der Waals surface area (Å²) in [4.78, 5) is 32.5. The van der Waals surface area contributed by atoms with Gasteiger partial charge in [-0.25, -0.2) is 9.97 Å². The standard InChI is InChI=1S/C20H14N4O3S2/c1-12-10-28-18-17(12)21-11-22-20(18)29-16-5-3-2-4-15(16)23-19(25)13-6-8-14(9-7-13)24(26)27/h2-11H,1H3,(H,23,25). The molecule has 0 saturated heterocycles. The molecular formula is C20H14N4O3S2. The summed E-state index contributed by atoms with van der Waals surface area (Å²) in [6.07, 6.45) is 1.54. The van der Waals surface area contributed by atoms with Crippen LogP contribution >= 0.6 is 23.1 Å². The summed E-state index contributed by atoms with van der Waals surface area (Å²) in [6, 6.07) is 12.9. The monoisotopic (exact) mass is 422 g/mol. The molecule has 0 aliphatic heterocycles. The fourth-order valence-corrected chi connectivity index (χ4v) is 4.74. The van der Waals surface area contributed by atoms with Gasteiger partial charge in [-0.2, -0.15) is 0 Å². The number of aryl methyl sites for hydroxylation is 1. The molecule has 0 saturated carbocycles. The SMILES string of the molecule is Cc1csc2c(Sc3ccccc3NC(=O)c3ccc([N+](=O)[O-])cc3)ncnc12. The molecule has 2 aromatic heterocycles. The number of hydrogen-bond acceptors (Lipinski definition) is 7. The second-order valence-electron chi connectivity index (χ2n) is 6.13. The van der Waals surface area contributed by atoms with Gasteiger partial charge >= 0.3 is 0 Å². The Hall–Kier alpha value is -3.30. The van der Waals surface area contributed by atoms with Crippen molar-refractivity contribution in [1.29, 1.82) is 0 Å². The topological polar surface area (TPSA) is 98.0 Å². The average Bonchev–Trinajstić information content (AvgIpc) is 3.11. The minimum absolute atomic E-state index is 0.0588. The van der Waals surface area contributed by atoms with Gasteiger partial charge in [-0.1, -0.05) is 23.9 Å². The van der Waals surface area contributed by atoms with E-state index in [2.05, 4.69) is 15.3 Å². The number of thiophene rings is 1. The van der Waals surface area contributed by atoms with Crippen LogP contribution < -0.4 is 5.32 Å². The molecule has 0 atom stereocenters. The number of carbonyl (C=O) groups excluding carboxylic acids is 1. The van der Waals surface area contributed by atoms with Crippen LogP contribution in [0.2, 0.25) is 0 Å². The van der Waals surface area contributed by atoms with Crippen LogP contribution in [0.3, 0.4) is 0 Å². The fourth-order valence-electron chi connectivity index (χ4n) is 2.71. The Kier molecular flexibility index (Phi) is 5.24. The Morgan fingerprint density at radius 2 is 1.90 bits per heavy atom. The molecule has 0 unspecified atom stereocenters. The summed E-state index contributed by atoms with van der Waals surface area (Å²) in [5, 5.41) is 16.5. The molecule has 144 valence electrons. The Morgan fingerprint density at radius 3 is 2.66 bits per heavy atom. The number of nitrogens with one attached hydrogen (secondary N) is 1. The zero-order valence-corrected chi connectivity index (χ0v) is 16.8. The number of carbonyl (C=O) groups is 1. The first kappa shape index (κ1) is 19.0. The van der Waals surface area contributed by atoms with Crippen LogP contribution in [0, 0.1) is 17.0 Å². The van der Waals surface area contributed by atoms with Crippen molar-refractivity contribution in [3.8, 4) is 0 Å². The van der Waals surface area contributed by atoms with Crippen molar-refractivity contribution in [1.82, 2.24) is 9.97 Å². The maximum Gasteiger partial charge on any atom is 0.269 e. The third-order valence-electron chi connectivity index (χ3n) is 4.18. The first-order valence-corrected chi connectivity index (χ1v) is 10.2. The van der Waals surface area contributed by atoms with E-state index in [4.69, 9.17) is 0 Å². The molecule has 9 heteroatoms. The van der Waals surface area contributed by atoms with Gasteiger partial charge in [0.15, 0.2) is 0 Å². The highest BCUT2D eigenvalue weighted by Gasteiger charge is 2.14. The molecule has 0 aliphatic rings. The number of aromatic nitrogens is 2. The van der Waals surface area contributed by atoms with E-state index < -0.39 is 4.92 Å². The number of nitro benzene ring substituents is 1. The van der Waals surface area contributed by atoms with Crippen molar-refractivity contribution in [2.75, 3.05) is 5.32 Å². The molecule has 0 aliphatic carbocycles. The maximum absolute atomic E-state index is 12.6. The van der Waals surface area contributed by atoms with Gasteiger partial charge < -0.3 is 5.32 Å². The van der Waals surface area contributed by atoms with E-state index in [0.717, 1.165) is 25.7 Å². The molecule has 1 amide bonds. The number of non-ortho nitro benzene ring substituents is 1. The van der Waals surface area contributed by atoms with Crippen LogP contribution in [0.1, 0.15) is 15.9 Å². The number of para-hydroxylation sites is 1. The van der Waals surface area contributed by atoms with Crippen LogP contribution in [-0.2, 0) is 0 Å². The molecule has 0 bridgehead atoms. The fraction of sp³-hybridized carbons (Fsp3) is 0.0500. The highest BCUT2D eigenvalue weighted by Crippen LogP contribution is 2.38. The Morgan fingerprint density at radius 1 is 1.14 bits per heavy atom. The van der Waals surface area contributed by atoms with E-state index in [0.29, 0.717) is 11.3 Å². The summed E-state index contributed by atoms with van der Waals surface area (Å²) in [5.74, 6) is -0.340. The van der Waals surface area contributed by atoms with Crippen molar-refractivity contribution in [3.05, 3.63) is 81.5 Å². The molecule has 0 radical (unpaired) electrons. The van der Waals surface area contributed by atoms with Crippen LogP contribution in [0.4, 0.5) is 11.4 Å². The molecule has 2 heterocycles. The van der Waals surface area contributed by atoms with Crippen LogP contribution in [0.15, 0.2) is 70.2 Å². The van der Waals surface area contributed by atoms with Gasteiger partial charge in [0.25, 0.3) is 11.6 Å². The molecule has 0 fully saturated rings. The lowest BCUT2D eigenvalue weighted by Gasteiger charge is -2.11. The Balaban J connectivity index is 1.59. The summed E-state index contributed by atoms with van der Waals surface area (Å²) < 4.78 is 1.01. The van der Waals surface area contributed by atoms with Gasteiger partial charge in [0.1, 0.15) is 11.4 Å². The molecular weight excluding hydrogens is 408 g/mol. The van der Waals surface area contributed by atoms with E-state index in [9.17, 15) is 14.9 Å². The van der Waals surface area contributed by atoms with Crippen LogP contribution in [0.5, 0.6) is 0 Å². The van der Waals surface area contributed by atoms with Crippen molar-refractivity contribution in [2.45, 2.75) is 16.8 Å². The predicted octanol–water partition coefficient (Wildman–Crippen LogP) is 5.31. The lowest BCUT2D eigenvalue weighted by molar-refractivity contribution is -0.384. The summed E-state index contributed by atoms with van der Waals surface area (Å²) in [7, 11) is 0. The summed E-state index contributed by atoms with van der Waals surface area (Å²) >= 11 is 3.05. The van der Waals surface area contributed by atoms with Crippen molar-refractivity contribution >= 4 is 50.6 Å². The van der Waals surface area contributed by atoms with E-state index in [1.807, 2.05) is 36.6 Å². The Bertz CT molecular complexity index is 1220. The van der Waals surface area contributed by atoms with Gasteiger partial charge in [-0.3, -0.25) is 14.9 Å². The largest absolute Gasteiger partial charge is 0.321 e. The van der Waals surface area contributed by atoms with Crippen molar-refractivity contribution < 1.29 is 9.72 Å². The summed E-state index contributed by atoms with van der Waals surface area (Å²) in [5.41, 5.74) is 2.96. The minimum atomic E-state index is -0.498. The number of fused-ring (bicyclic) bond motifs is 1. The second-order valence-corrected chi connectivity index (χ2v) is 8.04. The quantitative estimate of drug-likeness (QED) is 0.266. The van der Waals surface area contributed by atoms with E-state index in [1.165, 1.54) is 36.0 Å². The van der Waals surface area contributed by atoms with Crippen LogP contribution in [0.25, 0.3) is 10.2 Å². The van der Waals surface area contributed by atoms with Gasteiger partial charge in [0.2, 0.25) is 0 Å². The lowest BCUT2D eigenvalue weighted by atomic mass is 10.2. The van der Waals surface area contributed by atoms with Crippen molar-refractivity contribution in [3.63, 3.8) is 0 Å². The van der Waals surface area contributed by atoms with E-state index >= 15 is 0 Å². The summed E-state index contributed by atoms with van der Waals surface area (Å²) in [6.45, 7) is 2.01. The number of amides is 1. The minimum Gasteiger partial charge on any atom is -0.321 e. The first-order valence-electron chi connectivity index (χ1n) is 8.54. The van der Waals surface area contributed by atoms with E-state index in [-0.39, 0.29) is 11.6 Å². The Labute approximate surface area is 174 Å². The molecule has 4 rings (SSSR count). The molecule has 29 heavy (non-hydrogen) atoms. The number of benzene rings is 2. The third kappa shape index (κ3) is 3.96. The number of anilines is 1. The number of nitro groups is 1. The maximum atomic E-state index is 12.6. The van der Waals surface area contributed by atoms with Crippen LogP contribution in [-0.4, -0.2) is 20.8 Å². The van der Waals surface area contributed by atoms with Gasteiger partial charge in [0.05, 0.1) is 20.8 Å². The predicted molar refractivity (Wildman–Crippen MR) is 114 cm³/mol. The second kappa shape index (κ2) is 7.98. The highest BCUT2D eigenvalue weighted by molar-refractivity contribution is 7.99. The lowest BCUT2D eigenvalue weighted by Crippen LogP contribution is -2.12. The third-order valence-corrected chi connectivity index (χ3v) is 6.48. The average molecular weight is 422 g/mol. The zero-order valence-electron chi connectivity index (χ0n) is 15.2. The molecule has 4 aromatic rings. The number of hydrogen-bond donors (Lipinski definition) is 1. The van der Waals surface area contributed by atoms with Crippen molar-refractivity contribution in [2.24, 2.45) is 0 Å². The number of nitrogens with zero attached hydrogens (tertiary/aromatic N) is 3. The normalized spacial score (nSPS) is 10.8. The molecule has 1 N–H and O–H groups in total. The van der Waals surface area contributed by atoms with Gasteiger partial charge in [-0.15, -0.1) is 11.3 Å². The molecule has 7 nitrogen and oxygen atoms in total. The first-order chi connectivity index (χ1) is 14.0. The van der Waals surface area contributed by atoms with E-state index in [1.54, 1.807) is 17.7 Å². The van der Waals surface area contributed by atoms with Gasteiger partial charge in [0, 0.05) is 22.6 Å².